The summed E-state index contributed by atoms with van der Waals surface area (Å²) >= 11 is 0. The van der Waals surface area contributed by atoms with Crippen molar-refractivity contribution in [1.29, 1.82) is 0 Å². The Balaban J connectivity index is 0. The van der Waals surface area contributed by atoms with E-state index in [1.165, 1.54) is 0 Å². The maximum Gasteiger partial charge on any atom is 0.0599 e. The van der Waals surface area contributed by atoms with E-state index in [1.807, 2.05) is 0 Å². The molecule has 0 atom stereocenters. The quantitative estimate of drug-likeness (QED) is 0.611. The molecule has 1 aliphatic heterocycles. The molecule has 1 N–H and O–H groups in total. The van der Waals surface area contributed by atoms with E-state index in [-0.39, 0.29) is 24.8 Å². The Hall–Kier alpha value is 0.0600. The van der Waals surface area contributed by atoms with Gasteiger partial charge in [0.25, 0.3) is 0 Å². The molecule has 11 heavy (non-hydrogen) atoms. The molecule has 0 aromatic carbocycles. The van der Waals surface area contributed by atoms with Crippen LogP contribution in [0.5, 0.6) is 0 Å². The number of piperazine rings is 1. The van der Waals surface area contributed by atoms with E-state index in [4.69, 9.17) is 6.42 Å². The lowest BCUT2D eigenvalue weighted by atomic mass is 10.4. The van der Waals surface area contributed by atoms with Crippen LogP contribution >= 0.6 is 24.8 Å². The summed E-state index contributed by atoms with van der Waals surface area (Å²) in [7, 11) is 0. The smallest absolute Gasteiger partial charge is 0.0599 e. The van der Waals surface area contributed by atoms with Gasteiger partial charge in [-0.2, -0.15) is 0 Å². The summed E-state index contributed by atoms with van der Waals surface area (Å²) < 4.78 is 0. The van der Waals surface area contributed by atoms with E-state index in [1.54, 1.807) is 0 Å². The van der Waals surface area contributed by atoms with Crippen LogP contribution in [0.4, 0.5) is 0 Å². The molecule has 0 spiro atoms. The number of nitrogens with zero attached hydrogens (tertiary/aromatic N) is 1. The maximum atomic E-state index is 5.15. The van der Waals surface area contributed by atoms with Crippen LogP contribution in [-0.4, -0.2) is 37.6 Å². The van der Waals surface area contributed by atoms with Crippen molar-refractivity contribution in [2.24, 2.45) is 0 Å². The monoisotopic (exact) mass is 196 g/mol. The zero-order valence-electron chi connectivity index (χ0n) is 6.38. The Morgan fingerprint density at radius 2 is 1.82 bits per heavy atom. The summed E-state index contributed by atoms with van der Waals surface area (Å²) in [6.07, 6.45) is 5.15. The third kappa shape index (κ3) is 5.34. The molecule has 0 radical (unpaired) electrons. The standard InChI is InChI=1S/C7H12N2.2ClH/c1-2-5-9-6-3-8-4-7-9;;/h1,8H,3-7H2;2*1H. The normalized spacial score (nSPS) is 17.4. The van der Waals surface area contributed by atoms with Gasteiger partial charge in [0.2, 0.25) is 0 Å². The van der Waals surface area contributed by atoms with Crippen LogP contribution in [0.3, 0.4) is 0 Å². The molecule has 1 fully saturated rings. The zero-order chi connectivity index (χ0) is 6.53. The minimum Gasteiger partial charge on any atom is -0.314 e. The molecule has 0 unspecified atom stereocenters. The van der Waals surface area contributed by atoms with Crippen molar-refractivity contribution in [3.63, 3.8) is 0 Å². The molecule has 1 aliphatic rings. The Bertz CT molecular complexity index is 116. The predicted molar refractivity (Wildman–Crippen MR) is 52.6 cm³/mol. The molecule has 1 rings (SSSR count). The average Bonchev–Trinajstić information content (AvgIpc) is 1.91. The number of hydrogen-bond donors (Lipinski definition) is 1. The molecule has 0 aliphatic carbocycles. The largest absolute Gasteiger partial charge is 0.314 e. The number of halogens is 2. The second-order valence-corrected chi connectivity index (χ2v) is 2.23. The van der Waals surface area contributed by atoms with Crippen molar-refractivity contribution in [2.45, 2.75) is 0 Å². The minimum atomic E-state index is 0. The zero-order valence-corrected chi connectivity index (χ0v) is 8.01. The number of rotatable bonds is 1. The molecule has 0 amide bonds. The molecule has 0 bridgehead atoms. The molecule has 1 saturated heterocycles. The molecular formula is C7H14Cl2N2. The van der Waals surface area contributed by atoms with Crippen LogP contribution in [0.15, 0.2) is 0 Å². The van der Waals surface area contributed by atoms with Gasteiger partial charge in [0.05, 0.1) is 6.54 Å². The van der Waals surface area contributed by atoms with Crippen molar-refractivity contribution in [3.05, 3.63) is 0 Å². The van der Waals surface area contributed by atoms with Crippen molar-refractivity contribution in [3.8, 4) is 12.3 Å². The van der Waals surface area contributed by atoms with Gasteiger partial charge >= 0.3 is 0 Å². The second kappa shape index (κ2) is 8.16. The summed E-state index contributed by atoms with van der Waals surface area (Å²) in [5.74, 6) is 2.64. The van der Waals surface area contributed by atoms with Crippen molar-refractivity contribution < 1.29 is 0 Å². The lowest BCUT2D eigenvalue weighted by molar-refractivity contribution is 0.268. The van der Waals surface area contributed by atoms with Crippen LogP contribution in [0, 0.1) is 12.3 Å². The highest BCUT2D eigenvalue weighted by Crippen LogP contribution is 1.88. The summed E-state index contributed by atoms with van der Waals surface area (Å²) in [5.41, 5.74) is 0. The van der Waals surface area contributed by atoms with E-state index in [0.29, 0.717) is 0 Å². The predicted octanol–water partition coefficient (Wildman–Crippen LogP) is 0.368. The molecule has 0 saturated carbocycles. The van der Waals surface area contributed by atoms with Gasteiger partial charge in [-0.1, -0.05) is 5.92 Å². The Morgan fingerprint density at radius 1 is 1.27 bits per heavy atom. The van der Waals surface area contributed by atoms with Crippen LogP contribution in [-0.2, 0) is 0 Å². The molecule has 0 aromatic heterocycles. The van der Waals surface area contributed by atoms with Crippen LogP contribution < -0.4 is 5.32 Å². The van der Waals surface area contributed by atoms with Gasteiger partial charge in [0.15, 0.2) is 0 Å². The highest BCUT2D eigenvalue weighted by atomic mass is 35.5. The second-order valence-electron chi connectivity index (χ2n) is 2.23. The van der Waals surface area contributed by atoms with E-state index in [2.05, 4.69) is 16.1 Å². The molecule has 2 nitrogen and oxygen atoms in total. The highest BCUT2D eigenvalue weighted by molar-refractivity contribution is 5.85. The molecule has 1 heterocycles. The molecule has 4 heteroatoms. The van der Waals surface area contributed by atoms with Crippen molar-refractivity contribution >= 4 is 24.8 Å². The van der Waals surface area contributed by atoms with E-state index >= 15 is 0 Å². The van der Waals surface area contributed by atoms with Gasteiger partial charge < -0.3 is 5.32 Å². The summed E-state index contributed by atoms with van der Waals surface area (Å²) in [5, 5.41) is 3.26. The maximum absolute atomic E-state index is 5.15. The third-order valence-corrected chi connectivity index (χ3v) is 1.52. The first-order valence-electron chi connectivity index (χ1n) is 3.30. The first-order chi connectivity index (χ1) is 4.43. The van der Waals surface area contributed by atoms with Gasteiger partial charge in [0.1, 0.15) is 0 Å². The summed E-state index contributed by atoms with van der Waals surface area (Å²) in [4.78, 5) is 2.27. The van der Waals surface area contributed by atoms with E-state index < -0.39 is 0 Å². The van der Waals surface area contributed by atoms with Crippen molar-refractivity contribution in [2.75, 3.05) is 32.7 Å². The Morgan fingerprint density at radius 3 is 2.27 bits per heavy atom. The SMILES string of the molecule is C#CCN1CCNCC1.Cl.Cl. The van der Waals surface area contributed by atoms with Gasteiger partial charge in [0, 0.05) is 26.2 Å². The van der Waals surface area contributed by atoms with Crippen LogP contribution in [0.25, 0.3) is 0 Å². The molecule has 66 valence electrons. The van der Waals surface area contributed by atoms with Gasteiger partial charge in [-0.05, 0) is 0 Å². The Labute approximate surface area is 80.5 Å². The van der Waals surface area contributed by atoms with E-state index in [0.717, 1.165) is 32.7 Å². The van der Waals surface area contributed by atoms with E-state index in [9.17, 15) is 0 Å². The lowest BCUT2D eigenvalue weighted by Gasteiger charge is -2.24. The fourth-order valence-electron chi connectivity index (χ4n) is 0.998. The fraction of sp³-hybridized carbons (Fsp3) is 0.714. The van der Waals surface area contributed by atoms with Gasteiger partial charge in [-0.15, -0.1) is 31.2 Å². The van der Waals surface area contributed by atoms with Gasteiger partial charge in [-0.25, -0.2) is 0 Å². The van der Waals surface area contributed by atoms with Crippen molar-refractivity contribution in [1.82, 2.24) is 10.2 Å². The first kappa shape index (κ1) is 13.6. The first-order valence-corrected chi connectivity index (χ1v) is 3.30. The van der Waals surface area contributed by atoms with Gasteiger partial charge in [-0.3, -0.25) is 4.90 Å². The minimum absolute atomic E-state index is 0. The topological polar surface area (TPSA) is 15.3 Å². The molecule has 0 aromatic rings. The average molecular weight is 197 g/mol. The number of terminal acetylenes is 1. The fourth-order valence-corrected chi connectivity index (χ4v) is 0.998. The summed E-state index contributed by atoms with van der Waals surface area (Å²) in [6.45, 7) is 5.18. The van der Waals surface area contributed by atoms with Crippen LogP contribution in [0.1, 0.15) is 0 Å². The third-order valence-electron chi connectivity index (χ3n) is 1.52. The summed E-state index contributed by atoms with van der Waals surface area (Å²) in [6, 6.07) is 0. The number of nitrogens with one attached hydrogen (secondary N) is 1. The highest BCUT2D eigenvalue weighted by Gasteiger charge is 2.05. The lowest BCUT2D eigenvalue weighted by Crippen LogP contribution is -2.43. The number of hydrogen-bond acceptors (Lipinski definition) is 2. The molecular weight excluding hydrogens is 183 g/mol. The Kier molecular flexibility index (Phi) is 10.1. The van der Waals surface area contributed by atoms with Crippen LogP contribution in [0.2, 0.25) is 0 Å².